The predicted molar refractivity (Wildman–Crippen MR) is 108 cm³/mol. The first-order chi connectivity index (χ1) is 15.0. The molecule has 0 spiro atoms. The zero-order valence-corrected chi connectivity index (χ0v) is 16.6. The third kappa shape index (κ3) is 3.34. The molecule has 2 atom stereocenters. The van der Waals surface area contributed by atoms with Gasteiger partial charge in [-0.1, -0.05) is 24.3 Å². The van der Waals surface area contributed by atoms with Gasteiger partial charge in [0.05, 0.1) is 11.1 Å². The molecule has 1 saturated heterocycles. The number of hydrogen-bond donors (Lipinski definition) is 1. The number of fused-ring (bicyclic) bond motifs is 2. The number of carbonyl (C=O) groups excluding carboxylic acids is 4. The van der Waals surface area contributed by atoms with Crippen LogP contribution in [-0.2, 0) is 16.0 Å². The average Bonchev–Trinajstić information content (AvgIpc) is 3.03. The van der Waals surface area contributed by atoms with Crippen molar-refractivity contribution in [1.82, 2.24) is 10.2 Å². The first-order valence-electron chi connectivity index (χ1n) is 10.2. The van der Waals surface area contributed by atoms with Crippen molar-refractivity contribution in [2.24, 2.45) is 0 Å². The van der Waals surface area contributed by atoms with Crippen LogP contribution in [0.2, 0.25) is 0 Å². The fourth-order valence-corrected chi connectivity index (χ4v) is 4.28. The van der Waals surface area contributed by atoms with Crippen LogP contribution in [0.3, 0.4) is 0 Å². The van der Waals surface area contributed by atoms with E-state index in [1.807, 2.05) is 24.3 Å². The number of piperidine rings is 1. The number of imide groups is 2. The van der Waals surface area contributed by atoms with E-state index in [0.717, 1.165) is 29.1 Å². The van der Waals surface area contributed by atoms with E-state index >= 15 is 0 Å². The summed E-state index contributed by atoms with van der Waals surface area (Å²) in [6, 6.07) is 11.7. The van der Waals surface area contributed by atoms with Crippen molar-refractivity contribution in [3.05, 3.63) is 59.2 Å². The van der Waals surface area contributed by atoms with Crippen molar-refractivity contribution in [2.45, 2.75) is 37.8 Å². The molecule has 1 N–H and O–H groups in total. The van der Waals surface area contributed by atoms with E-state index < -0.39 is 29.7 Å². The summed E-state index contributed by atoms with van der Waals surface area (Å²) in [5.41, 5.74) is 1.50. The molecular weight excluding hydrogens is 400 g/mol. The summed E-state index contributed by atoms with van der Waals surface area (Å²) in [6.07, 6.45) is 1.67. The van der Waals surface area contributed by atoms with Crippen LogP contribution in [0.1, 0.15) is 45.5 Å². The summed E-state index contributed by atoms with van der Waals surface area (Å²) in [4.78, 5) is 50.6. The minimum atomic E-state index is -1.00. The number of amides is 4. The monoisotopic (exact) mass is 420 g/mol. The first kappa shape index (κ1) is 19.3. The molecule has 1 fully saturated rings. The molecule has 0 saturated carbocycles. The van der Waals surface area contributed by atoms with Gasteiger partial charge in [-0.2, -0.15) is 0 Å². The SMILES string of the molecule is O=C1CCC(N2C(=O)c3cccc(OCC4CCc5ccccc5O4)c3C2=O)C(=O)N1. The minimum Gasteiger partial charge on any atom is -0.489 e. The maximum absolute atomic E-state index is 13.1. The molecule has 3 aliphatic rings. The van der Waals surface area contributed by atoms with Crippen LogP contribution in [0.4, 0.5) is 0 Å². The average molecular weight is 420 g/mol. The van der Waals surface area contributed by atoms with E-state index in [0.29, 0.717) is 0 Å². The van der Waals surface area contributed by atoms with E-state index in [9.17, 15) is 19.2 Å². The number of aryl methyl sites for hydroxylation is 1. The summed E-state index contributed by atoms with van der Waals surface area (Å²) in [5.74, 6) is -1.06. The Balaban J connectivity index is 1.34. The molecule has 31 heavy (non-hydrogen) atoms. The maximum Gasteiger partial charge on any atom is 0.266 e. The summed E-state index contributed by atoms with van der Waals surface area (Å²) >= 11 is 0. The van der Waals surface area contributed by atoms with Crippen molar-refractivity contribution in [1.29, 1.82) is 0 Å². The van der Waals surface area contributed by atoms with Crippen molar-refractivity contribution >= 4 is 23.6 Å². The third-order valence-electron chi connectivity index (χ3n) is 5.86. The largest absolute Gasteiger partial charge is 0.489 e. The first-order valence-corrected chi connectivity index (χ1v) is 10.2. The topological polar surface area (TPSA) is 102 Å². The molecule has 8 heteroatoms. The smallest absolute Gasteiger partial charge is 0.266 e. The van der Waals surface area contributed by atoms with Crippen molar-refractivity contribution in [3.8, 4) is 11.5 Å². The number of benzene rings is 2. The molecular formula is C23H20N2O6. The zero-order valence-electron chi connectivity index (χ0n) is 16.6. The maximum atomic E-state index is 13.1. The molecule has 5 rings (SSSR count). The second-order valence-electron chi connectivity index (χ2n) is 7.82. The van der Waals surface area contributed by atoms with E-state index in [-0.39, 0.29) is 42.4 Å². The van der Waals surface area contributed by atoms with Crippen molar-refractivity contribution in [3.63, 3.8) is 0 Å². The van der Waals surface area contributed by atoms with Gasteiger partial charge in [0.15, 0.2) is 0 Å². The highest BCUT2D eigenvalue weighted by molar-refractivity contribution is 6.24. The number of nitrogens with one attached hydrogen (secondary N) is 1. The summed E-state index contributed by atoms with van der Waals surface area (Å²) < 4.78 is 11.9. The minimum absolute atomic E-state index is 0.0770. The van der Waals surface area contributed by atoms with Crippen molar-refractivity contribution < 1.29 is 28.7 Å². The normalized spacial score (nSPS) is 22.5. The lowest BCUT2D eigenvalue weighted by Crippen LogP contribution is -2.54. The highest BCUT2D eigenvalue weighted by atomic mass is 16.5. The van der Waals surface area contributed by atoms with Gasteiger partial charge in [-0.05, 0) is 43.0 Å². The molecule has 4 amide bonds. The zero-order chi connectivity index (χ0) is 21.5. The summed E-state index contributed by atoms with van der Waals surface area (Å²) in [6.45, 7) is 0.227. The van der Waals surface area contributed by atoms with E-state index in [2.05, 4.69) is 5.32 Å². The number of rotatable bonds is 4. The number of ether oxygens (including phenoxy) is 2. The quantitative estimate of drug-likeness (QED) is 0.758. The predicted octanol–water partition coefficient (Wildman–Crippen LogP) is 1.86. The second-order valence-corrected chi connectivity index (χ2v) is 7.82. The standard InChI is InChI=1S/C23H20N2O6/c26-19-11-10-16(21(27)24-19)25-22(28)15-5-3-7-18(20(15)23(25)29)30-12-14-9-8-13-4-1-2-6-17(13)31-14/h1-7,14,16H,8-12H2,(H,24,26,27). The Morgan fingerprint density at radius 2 is 1.81 bits per heavy atom. The van der Waals surface area contributed by atoms with Gasteiger partial charge < -0.3 is 9.47 Å². The van der Waals surface area contributed by atoms with Gasteiger partial charge in [0.1, 0.15) is 30.3 Å². The molecule has 2 unspecified atom stereocenters. The Kier molecular flexibility index (Phi) is 4.69. The lowest BCUT2D eigenvalue weighted by Gasteiger charge is -2.28. The molecule has 0 aliphatic carbocycles. The fraction of sp³-hybridized carbons (Fsp3) is 0.304. The molecule has 3 heterocycles. The van der Waals surface area contributed by atoms with E-state index in [1.54, 1.807) is 18.2 Å². The molecule has 0 radical (unpaired) electrons. The summed E-state index contributed by atoms with van der Waals surface area (Å²) in [7, 11) is 0. The van der Waals surface area contributed by atoms with Crippen LogP contribution in [0.15, 0.2) is 42.5 Å². The molecule has 2 aromatic rings. The van der Waals surface area contributed by atoms with Gasteiger partial charge in [0, 0.05) is 6.42 Å². The molecule has 0 bridgehead atoms. The number of hydrogen-bond acceptors (Lipinski definition) is 6. The van der Waals surface area contributed by atoms with E-state index in [1.165, 1.54) is 0 Å². The molecule has 0 aromatic heterocycles. The van der Waals surface area contributed by atoms with Crippen molar-refractivity contribution in [2.75, 3.05) is 6.61 Å². The lowest BCUT2D eigenvalue weighted by molar-refractivity contribution is -0.136. The van der Waals surface area contributed by atoms with Gasteiger partial charge in [0.25, 0.3) is 11.8 Å². The second kappa shape index (κ2) is 7.54. The van der Waals surface area contributed by atoms with Crippen LogP contribution in [0.25, 0.3) is 0 Å². The molecule has 158 valence electrons. The molecule has 2 aromatic carbocycles. The van der Waals surface area contributed by atoms with Gasteiger partial charge in [-0.25, -0.2) is 0 Å². The number of nitrogens with zero attached hydrogens (tertiary/aromatic N) is 1. The highest BCUT2D eigenvalue weighted by Gasteiger charge is 2.46. The number of para-hydroxylation sites is 1. The lowest BCUT2D eigenvalue weighted by atomic mass is 10.0. The summed E-state index contributed by atoms with van der Waals surface area (Å²) in [5, 5.41) is 2.19. The van der Waals surface area contributed by atoms with Crippen LogP contribution < -0.4 is 14.8 Å². The Morgan fingerprint density at radius 1 is 0.968 bits per heavy atom. The van der Waals surface area contributed by atoms with Gasteiger partial charge in [0.2, 0.25) is 11.8 Å². The highest BCUT2D eigenvalue weighted by Crippen LogP contribution is 2.34. The fourth-order valence-electron chi connectivity index (χ4n) is 4.28. The van der Waals surface area contributed by atoms with Crippen LogP contribution in [-0.4, -0.2) is 47.3 Å². The molecule has 3 aliphatic heterocycles. The third-order valence-corrected chi connectivity index (χ3v) is 5.86. The van der Waals surface area contributed by atoms with Crippen LogP contribution in [0, 0.1) is 0 Å². The van der Waals surface area contributed by atoms with Gasteiger partial charge in [-0.15, -0.1) is 0 Å². The number of carbonyl (C=O) groups is 4. The Morgan fingerprint density at radius 3 is 2.65 bits per heavy atom. The van der Waals surface area contributed by atoms with Gasteiger partial charge in [-0.3, -0.25) is 29.4 Å². The Labute approximate surface area is 178 Å². The van der Waals surface area contributed by atoms with Gasteiger partial charge >= 0.3 is 0 Å². The van der Waals surface area contributed by atoms with Crippen LogP contribution in [0.5, 0.6) is 11.5 Å². The Hall–Kier alpha value is -3.68. The van der Waals surface area contributed by atoms with Crippen LogP contribution >= 0.6 is 0 Å². The molecule has 8 nitrogen and oxygen atoms in total. The Bertz CT molecular complexity index is 1110. The van der Waals surface area contributed by atoms with E-state index in [4.69, 9.17) is 9.47 Å².